The molecule has 14 heavy (non-hydrogen) atoms. The minimum absolute atomic E-state index is 0.0960. The molecule has 0 bridgehead atoms. The number of ether oxygens (including phenoxy) is 1. The van der Waals surface area contributed by atoms with Crippen molar-refractivity contribution in [2.45, 2.75) is 13.3 Å². The second-order valence-corrected chi connectivity index (χ2v) is 2.59. The number of esters is 1. The maximum Gasteiger partial charge on any atom is 0.331 e. The Morgan fingerprint density at radius 1 is 1.43 bits per heavy atom. The zero-order valence-corrected chi connectivity index (χ0v) is 8.50. The van der Waals surface area contributed by atoms with Gasteiger partial charge in [-0.25, -0.2) is 4.79 Å². The summed E-state index contributed by atoms with van der Waals surface area (Å²) in [6, 6.07) is 0. The van der Waals surface area contributed by atoms with Crippen LogP contribution in [0.5, 0.6) is 0 Å². The van der Waals surface area contributed by atoms with E-state index in [1.165, 1.54) is 19.4 Å². The second-order valence-electron chi connectivity index (χ2n) is 2.59. The fourth-order valence-electron chi connectivity index (χ4n) is 0.674. The van der Waals surface area contributed by atoms with Crippen molar-refractivity contribution < 1.29 is 14.3 Å². The standard InChI is InChI=1S/C9H16N2O3/c1-3-5-11-8(12)7-10-6-4-9(13)14-2/h4,6,10H,3,5,7H2,1-2H3,(H,11,12)/b6-4+. The molecule has 0 spiro atoms. The summed E-state index contributed by atoms with van der Waals surface area (Å²) in [6.45, 7) is 2.81. The Morgan fingerprint density at radius 2 is 2.14 bits per heavy atom. The minimum Gasteiger partial charge on any atom is -0.466 e. The molecule has 0 aliphatic heterocycles. The van der Waals surface area contributed by atoms with Gasteiger partial charge in [0, 0.05) is 18.8 Å². The highest BCUT2D eigenvalue weighted by Gasteiger charge is 1.96. The first-order chi connectivity index (χ1) is 6.70. The van der Waals surface area contributed by atoms with Crippen LogP contribution in [-0.2, 0) is 14.3 Å². The molecular formula is C9H16N2O3. The van der Waals surface area contributed by atoms with Gasteiger partial charge in [0.05, 0.1) is 13.7 Å². The number of nitrogens with one attached hydrogen (secondary N) is 2. The molecule has 0 aromatic rings. The Morgan fingerprint density at radius 3 is 2.71 bits per heavy atom. The third-order valence-corrected chi connectivity index (χ3v) is 1.37. The van der Waals surface area contributed by atoms with Gasteiger partial charge >= 0.3 is 5.97 Å². The Balaban J connectivity index is 3.48. The SMILES string of the molecule is CCCNC(=O)CN/C=C/C(=O)OC. The molecule has 0 aromatic heterocycles. The van der Waals surface area contributed by atoms with Crippen LogP contribution in [0.15, 0.2) is 12.3 Å². The van der Waals surface area contributed by atoms with Gasteiger partial charge in [0.1, 0.15) is 0 Å². The topological polar surface area (TPSA) is 67.4 Å². The third kappa shape index (κ3) is 7.15. The van der Waals surface area contributed by atoms with Gasteiger partial charge in [0.15, 0.2) is 0 Å². The summed E-state index contributed by atoms with van der Waals surface area (Å²) in [6.07, 6.45) is 3.51. The highest BCUT2D eigenvalue weighted by molar-refractivity contribution is 5.82. The number of amides is 1. The summed E-state index contributed by atoms with van der Waals surface area (Å²) in [5, 5.41) is 5.35. The van der Waals surface area contributed by atoms with E-state index in [1.807, 2.05) is 6.92 Å². The number of methoxy groups -OCH3 is 1. The molecule has 0 aliphatic carbocycles. The minimum atomic E-state index is -0.452. The van der Waals surface area contributed by atoms with Crippen LogP contribution in [0.2, 0.25) is 0 Å². The van der Waals surface area contributed by atoms with E-state index in [4.69, 9.17) is 0 Å². The molecule has 0 saturated carbocycles. The smallest absolute Gasteiger partial charge is 0.331 e. The molecule has 0 aromatic carbocycles. The first-order valence-electron chi connectivity index (χ1n) is 4.45. The van der Waals surface area contributed by atoms with Gasteiger partial charge in [-0.15, -0.1) is 0 Å². The zero-order valence-electron chi connectivity index (χ0n) is 8.50. The molecule has 80 valence electrons. The molecule has 5 heteroatoms. The van der Waals surface area contributed by atoms with E-state index in [0.29, 0.717) is 6.54 Å². The predicted molar refractivity (Wildman–Crippen MR) is 52.5 cm³/mol. The number of hydrogen-bond acceptors (Lipinski definition) is 4. The molecule has 0 rings (SSSR count). The number of rotatable bonds is 6. The molecule has 0 radical (unpaired) electrons. The molecular weight excluding hydrogens is 184 g/mol. The average Bonchev–Trinajstić information content (AvgIpc) is 2.21. The van der Waals surface area contributed by atoms with Crippen molar-refractivity contribution in [1.82, 2.24) is 10.6 Å². The van der Waals surface area contributed by atoms with Crippen molar-refractivity contribution in [1.29, 1.82) is 0 Å². The largest absolute Gasteiger partial charge is 0.466 e. The monoisotopic (exact) mass is 200 g/mol. The Kier molecular flexibility index (Phi) is 7.22. The van der Waals surface area contributed by atoms with Crippen LogP contribution >= 0.6 is 0 Å². The maximum absolute atomic E-state index is 11.0. The molecule has 0 saturated heterocycles. The second kappa shape index (κ2) is 8.10. The lowest BCUT2D eigenvalue weighted by Gasteiger charge is -2.02. The Hall–Kier alpha value is -1.52. The quantitative estimate of drug-likeness (QED) is 0.460. The van der Waals surface area contributed by atoms with Crippen LogP contribution in [0.25, 0.3) is 0 Å². The zero-order chi connectivity index (χ0) is 10.8. The molecule has 0 atom stereocenters. The molecule has 0 fully saturated rings. The van der Waals surface area contributed by atoms with Crippen molar-refractivity contribution in [3.05, 3.63) is 12.3 Å². The van der Waals surface area contributed by atoms with Crippen LogP contribution in [0, 0.1) is 0 Å². The van der Waals surface area contributed by atoms with Crippen LogP contribution in [-0.4, -0.2) is 32.1 Å². The van der Waals surface area contributed by atoms with Crippen LogP contribution in [0.3, 0.4) is 0 Å². The fraction of sp³-hybridized carbons (Fsp3) is 0.556. The van der Waals surface area contributed by atoms with E-state index >= 15 is 0 Å². The van der Waals surface area contributed by atoms with Gasteiger partial charge in [-0.3, -0.25) is 4.79 Å². The molecule has 0 unspecified atom stereocenters. The normalized spacial score (nSPS) is 9.86. The Labute approximate surface area is 83.5 Å². The molecule has 1 amide bonds. The maximum atomic E-state index is 11.0. The van der Waals surface area contributed by atoms with Crippen LogP contribution < -0.4 is 10.6 Å². The molecule has 0 aliphatic rings. The van der Waals surface area contributed by atoms with Gasteiger partial charge < -0.3 is 15.4 Å². The van der Waals surface area contributed by atoms with Gasteiger partial charge in [-0.05, 0) is 6.42 Å². The van der Waals surface area contributed by atoms with Crippen molar-refractivity contribution in [2.24, 2.45) is 0 Å². The average molecular weight is 200 g/mol. The summed E-state index contributed by atoms with van der Waals surface area (Å²) >= 11 is 0. The van der Waals surface area contributed by atoms with E-state index in [0.717, 1.165) is 6.42 Å². The number of carbonyl (C=O) groups excluding carboxylic acids is 2. The van der Waals surface area contributed by atoms with E-state index in [9.17, 15) is 9.59 Å². The lowest BCUT2D eigenvalue weighted by molar-refractivity contribution is -0.134. The third-order valence-electron chi connectivity index (χ3n) is 1.37. The lowest BCUT2D eigenvalue weighted by atomic mass is 10.4. The van der Waals surface area contributed by atoms with Crippen molar-refractivity contribution >= 4 is 11.9 Å². The lowest BCUT2D eigenvalue weighted by Crippen LogP contribution is -2.32. The van der Waals surface area contributed by atoms with E-state index in [-0.39, 0.29) is 12.5 Å². The molecule has 2 N–H and O–H groups in total. The van der Waals surface area contributed by atoms with E-state index in [1.54, 1.807) is 0 Å². The van der Waals surface area contributed by atoms with E-state index in [2.05, 4.69) is 15.4 Å². The summed E-state index contributed by atoms with van der Waals surface area (Å²) in [4.78, 5) is 21.6. The molecule has 0 heterocycles. The number of carbonyl (C=O) groups is 2. The van der Waals surface area contributed by atoms with Gasteiger partial charge in [0.2, 0.25) is 5.91 Å². The first kappa shape index (κ1) is 12.5. The summed E-state index contributed by atoms with van der Waals surface area (Å²) in [5.74, 6) is -0.548. The fourth-order valence-corrected chi connectivity index (χ4v) is 0.674. The summed E-state index contributed by atoms with van der Waals surface area (Å²) in [7, 11) is 1.29. The van der Waals surface area contributed by atoms with Gasteiger partial charge in [-0.2, -0.15) is 0 Å². The van der Waals surface area contributed by atoms with Crippen molar-refractivity contribution in [3.63, 3.8) is 0 Å². The highest BCUT2D eigenvalue weighted by atomic mass is 16.5. The van der Waals surface area contributed by atoms with Gasteiger partial charge in [-0.1, -0.05) is 6.92 Å². The summed E-state index contributed by atoms with van der Waals surface area (Å²) in [5.41, 5.74) is 0. The number of hydrogen-bond donors (Lipinski definition) is 2. The first-order valence-corrected chi connectivity index (χ1v) is 4.45. The van der Waals surface area contributed by atoms with E-state index < -0.39 is 5.97 Å². The van der Waals surface area contributed by atoms with Crippen molar-refractivity contribution in [3.8, 4) is 0 Å². The predicted octanol–water partition coefficient (Wildman–Crippen LogP) is -0.211. The van der Waals surface area contributed by atoms with Crippen LogP contribution in [0.4, 0.5) is 0 Å². The van der Waals surface area contributed by atoms with Gasteiger partial charge in [0.25, 0.3) is 0 Å². The Bertz CT molecular complexity index is 214. The highest BCUT2D eigenvalue weighted by Crippen LogP contribution is 1.75. The van der Waals surface area contributed by atoms with Crippen molar-refractivity contribution in [2.75, 3.05) is 20.2 Å². The summed E-state index contributed by atoms with van der Waals surface area (Å²) < 4.78 is 4.36. The molecule has 5 nitrogen and oxygen atoms in total. The van der Waals surface area contributed by atoms with Crippen LogP contribution in [0.1, 0.15) is 13.3 Å².